The van der Waals surface area contributed by atoms with Gasteiger partial charge in [0.05, 0.1) is 0 Å². The first-order valence-electron chi connectivity index (χ1n) is 9.93. The molecule has 2 atom stereocenters. The second kappa shape index (κ2) is 7.67. The van der Waals surface area contributed by atoms with Crippen molar-refractivity contribution >= 4 is 35.0 Å². The van der Waals surface area contributed by atoms with E-state index in [2.05, 4.69) is 0 Å². The summed E-state index contributed by atoms with van der Waals surface area (Å²) in [6, 6.07) is 10.7. The number of benzene rings is 2. The number of amides is 2. The third-order valence-corrected chi connectivity index (χ3v) is 6.36. The quantitative estimate of drug-likeness (QED) is 0.718. The van der Waals surface area contributed by atoms with Gasteiger partial charge in [0.25, 0.3) is 5.91 Å². The number of nitrogens with zero attached hydrogens (tertiary/aromatic N) is 2. The highest BCUT2D eigenvalue weighted by Gasteiger charge is 2.46. The molecule has 8 heteroatoms. The summed E-state index contributed by atoms with van der Waals surface area (Å²) in [5.41, 5.74) is 1.58. The van der Waals surface area contributed by atoms with Crippen molar-refractivity contribution in [2.45, 2.75) is 12.3 Å². The Kier molecular flexibility index (Phi) is 4.99. The van der Waals surface area contributed by atoms with Crippen molar-refractivity contribution in [3.8, 4) is 11.5 Å². The first kappa shape index (κ1) is 19.5. The van der Waals surface area contributed by atoms with Gasteiger partial charge in [0.15, 0.2) is 11.5 Å². The fraction of sp³-hybridized carbons (Fsp3) is 0.364. The molecule has 2 amide bonds. The Morgan fingerprint density at radius 1 is 0.867 bits per heavy atom. The summed E-state index contributed by atoms with van der Waals surface area (Å²) in [7, 11) is 0. The van der Waals surface area contributed by atoms with E-state index in [0.29, 0.717) is 41.8 Å². The molecule has 2 aromatic rings. The molecule has 30 heavy (non-hydrogen) atoms. The minimum atomic E-state index is -0.115. The van der Waals surface area contributed by atoms with E-state index in [1.54, 1.807) is 23.1 Å². The van der Waals surface area contributed by atoms with Gasteiger partial charge in [-0.3, -0.25) is 9.59 Å². The van der Waals surface area contributed by atoms with E-state index in [9.17, 15) is 9.59 Å². The summed E-state index contributed by atoms with van der Waals surface area (Å²) in [4.78, 5) is 29.3. The van der Waals surface area contributed by atoms with Gasteiger partial charge in [-0.2, -0.15) is 0 Å². The third kappa shape index (κ3) is 3.70. The molecule has 0 radical (unpaired) electrons. The van der Waals surface area contributed by atoms with Gasteiger partial charge in [-0.25, -0.2) is 0 Å². The number of carbonyl (C=O) groups is 2. The number of hydrogen-bond donors (Lipinski definition) is 0. The van der Waals surface area contributed by atoms with Crippen LogP contribution in [0.25, 0.3) is 0 Å². The van der Waals surface area contributed by atoms with Crippen molar-refractivity contribution in [1.29, 1.82) is 0 Å². The molecular weight excluding hydrogens is 427 g/mol. The standard InChI is InChI=1S/C22H20Cl2N2O4/c23-15-7-14(8-16(24)10-15)21(27)25-3-5-26(6-4-25)22(28)18-11-17(18)13-1-2-19-20(9-13)30-12-29-19/h1-2,7-10,17-18H,3-6,11-12H2. The lowest BCUT2D eigenvalue weighted by atomic mass is 10.1. The number of carbonyl (C=O) groups excluding carboxylic acids is 2. The Labute approximate surface area is 184 Å². The van der Waals surface area contributed by atoms with Crippen LogP contribution < -0.4 is 9.47 Å². The minimum Gasteiger partial charge on any atom is -0.454 e. The summed E-state index contributed by atoms with van der Waals surface area (Å²) < 4.78 is 10.8. The van der Waals surface area contributed by atoms with E-state index in [-0.39, 0.29) is 30.4 Å². The summed E-state index contributed by atoms with van der Waals surface area (Å²) in [6.45, 7) is 2.30. The van der Waals surface area contributed by atoms with Gasteiger partial charge in [-0.05, 0) is 48.2 Å². The fourth-order valence-electron chi connectivity index (χ4n) is 4.20. The summed E-state index contributed by atoms with van der Waals surface area (Å²) in [6.07, 6.45) is 0.846. The number of rotatable bonds is 3. The van der Waals surface area contributed by atoms with Gasteiger partial charge >= 0.3 is 0 Å². The molecule has 2 heterocycles. The molecule has 6 nitrogen and oxygen atoms in total. The van der Waals surface area contributed by atoms with Gasteiger partial charge < -0.3 is 19.3 Å². The molecule has 1 saturated carbocycles. The number of hydrogen-bond acceptors (Lipinski definition) is 4. The lowest BCUT2D eigenvalue weighted by Gasteiger charge is -2.35. The van der Waals surface area contributed by atoms with Crippen LogP contribution >= 0.6 is 23.2 Å². The fourth-order valence-corrected chi connectivity index (χ4v) is 4.73. The van der Waals surface area contributed by atoms with E-state index < -0.39 is 0 Å². The van der Waals surface area contributed by atoms with Gasteiger partial charge in [0.2, 0.25) is 12.7 Å². The van der Waals surface area contributed by atoms with Gasteiger partial charge in [-0.1, -0.05) is 29.3 Å². The Balaban J connectivity index is 1.18. The number of ether oxygens (including phenoxy) is 2. The Bertz CT molecular complexity index is 1000. The molecule has 156 valence electrons. The van der Waals surface area contributed by atoms with Crippen LogP contribution in [0.2, 0.25) is 10.0 Å². The molecule has 2 fully saturated rings. The van der Waals surface area contributed by atoms with Gasteiger partial charge in [0, 0.05) is 47.7 Å². The van der Waals surface area contributed by atoms with E-state index in [1.165, 1.54) is 0 Å². The van der Waals surface area contributed by atoms with E-state index in [0.717, 1.165) is 23.5 Å². The number of piperazine rings is 1. The lowest BCUT2D eigenvalue weighted by molar-refractivity contribution is -0.134. The van der Waals surface area contributed by atoms with E-state index in [1.807, 2.05) is 23.1 Å². The normalized spacial score (nSPS) is 22.2. The van der Waals surface area contributed by atoms with E-state index >= 15 is 0 Å². The van der Waals surface area contributed by atoms with Crippen molar-refractivity contribution in [1.82, 2.24) is 9.80 Å². The average Bonchev–Trinajstić information content (AvgIpc) is 3.41. The van der Waals surface area contributed by atoms with Gasteiger partial charge in [-0.15, -0.1) is 0 Å². The van der Waals surface area contributed by atoms with Gasteiger partial charge in [0.1, 0.15) is 0 Å². The van der Waals surface area contributed by atoms with E-state index in [4.69, 9.17) is 32.7 Å². The first-order chi connectivity index (χ1) is 14.5. The molecule has 0 N–H and O–H groups in total. The van der Waals surface area contributed by atoms with Crippen molar-refractivity contribution < 1.29 is 19.1 Å². The SMILES string of the molecule is O=C(c1cc(Cl)cc(Cl)c1)N1CCN(C(=O)C2CC2c2ccc3c(c2)OCO3)CC1. The summed E-state index contributed by atoms with van der Waals surface area (Å²) in [5, 5.41) is 0.867. The summed E-state index contributed by atoms with van der Waals surface area (Å²) >= 11 is 12.0. The number of halogens is 2. The van der Waals surface area contributed by atoms with Crippen molar-refractivity contribution in [3.05, 3.63) is 57.6 Å². The molecule has 2 aliphatic heterocycles. The molecular formula is C22H20Cl2N2O4. The summed E-state index contributed by atoms with van der Waals surface area (Å²) in [5.74, 6) is 1.77. The van der Waals surface area contributed by atoms with Crippen LogP contribution in [0.15, 0.2) is 36.4 Å². The van der Waals surface area contributed by atoms with Crippen molar-refractivity contribution in [3.63, 3.8) is 0 Å². The molecule has 3 aliphatic rings. The molecule has 1 aliphatic carbocycles. The third-order valence-electron chi connectivity index (χ3n) is 5.92. The largest absolute Gasteiger partial charge is 0.454 e. The van der Waals surface area contributed by atoms with Crippen LogP contribution in [-0.2, 0) is 4.79 Å². The highest BCUT2D eigenvalue weighted by atomic mass is 35.5. The van der Waals surface area contributed by atoms with Crippen LogP contribution in [0.4, 0.5) is 0 Å². The Morgan fingerprint density at radius 2 is 1.53 bits per heavy atom. The Morgan fingerprint density at radius 3 is 2.27 bits per heavy atom. The molecule has 0 bridgehead atoms. The van der Waals surface area contributed by atoms with Crippen LogP contribution in [-0.4, -0.2) is 54.6 Å². The monoisotopic (exact) mass is 446 g/mol. The highest BCUT2D eigenvalue weighted by Crippen LogP contribution is 2.50. The molecule has 0 spiro atoms. The van der Waals surface area contributed by atoms with Crippen LogP contribution in [0, 0.1) is 5.92 Å². The van der Waals surface area contributed by atoms with Crippen molar-refractivity contribution in [2.75, 3.05) is 33.0 Å². The zero-order valence-corrected chi connectivity index (χ0v) is 17.7. The maximum atomic E-state index is 12.9. The first-order valence-corrected chi connectivity index (χ1v) is 10.7. The minimum absolute atomic E-state index is 0.000593. The topological polar surface area (TPSA) is 59.1 Å². The predicted molar refractivity (Wildman–Crippen MR) is 112 cm³/mol. The maximum Gasteiger partial charge on any atom is 0.254 e. The molecule has 2 unspecified atom stereocenters. The van der Waals surface area contributed by atoms with Crippen LogP contribution in [0.3, 0.4) is 0 Å². The van der Waals surface area contributed by atoms with Crippen molar-refractivity contribution in [2.24, 2.45) is 5.92 Å². The zero-order chi connectivity index (χ0) is 20.8. The molecule has 1 saturated heterocycles. The molecule has 2 aromatic carbocycles. The smallest absolute Gasteiger partial charge is 0.254 e. The van der Waals surface area contributed by atoms with Crippen LogP contribution in [0.5, 0.6) is 11.5 Å². The number of fused-ring (bicyclic) bond motifs is 1. The predicted octanol–water partition coefficient (Wildman–Crippen LogP) is 3.81. The second-order valence-electron chi connectivity index (χ2n) is 7.84. The molecule has 5 rings (SSSR count). The zero-order valence-electron chi connectivity index (χ0n) is 16.1. The molecule has 0 aromatic heterocycles. The lowest BCUT2D eigenvalue weighted by Crippen LogP contribution is -2.51. The highest BCUT2D eigenvalue weighted by molar-refractivity contribution is 6.35. The van der Waals surface area contributed by atoms with Crippen LogP contribution in [0.1, 0.15) is 28.3 Å². The maximum absolute atomic E-state index is 12.9. The second-order valence-corrected chi connectivity index (χ2v) is 8.71. The average molecular weight is 447 g/mol. The Hall–Kier alpha value is -2.44.